The molecule has 0 aromatic heterocycles. The first-order valence-electron chi connectivity index (χ1n) is 7.50. The first-order chi connectivity index (χ1) is 9.90. The van der Waals surface area contributed by atoms with Gasteiger partial charge in [-0.15, -0.1) is 0 Å². The van der Waals surface area contributed by atoms with E-state index in [4.69, 9.17) is 4.74 Å². The number of hydrazine groups is 1. The van der Waals surface area contributed by atoms with Crippen molar-refractivity contribution < 1.29 is 4.74 Å². The lowest BCUT2D eigenvalue weighted by Gasteiger charge is -2.07. The summed E-state index contributed by atoms with van der Waals surface area (Å²) in [6.07, 6.45) is 2.27. The van der Waals surface area contributed by atoms with Crippen LogP contribution in [-0.2, 0) is 0 Å². The van der Waals surface area contributed by atoms with E-state index in [2.05, 4.69) is 29.3 Å². The molecule has 1 aliphatic heterocycles. The summed E-state index contributed by atoms with van der Waals surface area (Å²) in [5.41, 5.74) is 5.35. The Hall–Kier alpha value is -1.13. The minimum Gasteiger partial charge on any atom is -0.494 e. The van der Waals surface area contributed by atoms with E-state index in [-0.39, 0.29) is 0 Å². The predicted octanol–water partition coefficient (Wildman–Crippen LogP) is 4.97. The zero-order valence-electron chi connectivity index (χ0n) is 13.3. The molecule has 2 N–H and O–H groups in total. The SMILES string of the molecule is CC.CC.CCCCOc1ccc(C2=CSNN2)cc1. The van der Waals surface area contributed by atoms with Crippen LogP contribution in [0.15, 0.2) is 29.7 Å². The van der Waals surface area contributed by atoms with Crippen molar-refractivity contribution in [3.05, 3.63) is 35.2 Å². The first kappa shape index (κ1) is 18.9. The van der Waals surface area contributed by atoms with Crippen LogP contribution in [0, 0.1) is 0 Å². The summed E-state index contributed by atoms with van der Waals surface area (Å²) >= 11 is 1.54. The average Bonchev–Trinajstić information content (AvgIpc) is 3.07. The van der Waals surface area contributed by atoms with Gasteiger partial charge in [-0.25, -0.2) is 0 Å². The third-order valence-corrected chi connectivity index (χ3v) is 2.93. The molecule has 1 aromatic rings. The first-order valence-corrected chi connectivity index (χ1v) is 8.38. The Morgan fingerprint density at radius 2 is 1.70 bits per heavy atom. The maximum Gasteiger partial charge on any atom is 0.119 e. The maximum absolute atomic E-state index is 5.60. The smallest absolute Gasteiger partial charge is 0.119 e. The van der Waals surface area contributed by atoms with E-state index in [0.29, 0.717) is 0 Å². The molecule has 0 unspecified atom stereocenters. The van der Waals surface area contributed by atoms with Crippen LogP contribution in [0.5, 0.6) is 5.75 Å². The van der Waals surface area contributed by atoms with Gasteiger partial charge in [0.1, 0.15) is 5.75 Å². The van der Waals surface area contributed by atoms with Crippen molar-refractivity contribution in [1.82, 2.24) is 10.3 Å². The molecular formula is C16H28N2OS. The van der Waals surface area contributed by atoms with Gasteiger partial charge >= 0.3 is 0 Å². The van der Waals surface area contributed by atoms with Crippen molar-refractivity contribution in [3.8, 4) is 5.75 Å². The van der Waals surface area contributed by atoms with Crippen molar-refractivity contribution in [1.29, 1.82) is 0 Å². The van der Waals surface area contributed by atoms with Crippen LogP contribution >= 0.6 is 11.9 Å². The second kappa shape index (κ2) is 12.9. The van der Waals surface area contributed by atoms with Gasteiger partial charge in [-0.2, -0.15) is 4.83 Å². The molecule has 1 aromatic carbocycles. The number of hydrogen-bond donors (Lipinski definition) is 2. The quantitative estimate of drug-likeness (QED) is 0.593. The van der Waals surface area contributed by atoms with E-state index in [0.717, 1.165) is 30.9 Å². The molecule has 0 fully saturated rings. The molecule has 0 spiro atoms. The van der Waals surface area contributed by atoms with Gasteiger partial charge in [-0.3, -0.25) is 0 Å². The molecule has 0 amide bonds. The van der Waals surface area contributed by atoms with Gasteiger partial charge < -0.3 is 10.2 Å². The van der Waals surface area contributed by atoms with Crippen LogP contribution < -0.4 is 15.0 Å². The van der Waals surface area contributed by atoms with E-state index in [9.17, 15) is 0 Å². The molecule has 114 valence electrons. The molecule has 1 heterocycles. The van der Waals surface area contributed by atoms with Crippen molar-refractivity contribution in [2.45, 2.75) is 47.5 Å². The van der Waals surface area contributed by atoms with Crippen LogP contribution in [-0.4, -0.2) is 6.61 Å². The summed E-state index contributed by atoms with van der Waals surface area (Å²) in [6.45, 7) is 11.0. The molecule has 20 heavy (non-hydrogen) atoms. The number of hydrogen-bond acceptors (Lipinski definition) is 4. The fourth-order valence-electron chi connectivity index (χ4n) is 1.41. The fourth-order valence-corrected chi connectivity index (χ4v) is 1.95. The monoisotopic (exact) mass is 296 g/mol. The van der Waals surface area contributed by atoms with E-state index in [1.807, 2.05) is 45.2 Å². The normalized spacial score (nSPS) is 12.2. The Kier molecular flexibility index (Phi) is 12.2. The van der Waals surface area contributed by atoms with Crippen LogP contribution in [0.1, 0.15) is 53.0 Å². The molecule has 0 bridgehead atoms. The van der Waals surface area contributed by atoms with Gasteiger partial charge in [0.15, 0.2) is 0 Å². The predicted molar refractivity (Wildman–Crippen MR) is 91.4 cm³/mol. The maximum atomic E-state index is 5.60. The molecule has 0 radical (unpaired) electrons. The second-order valence-electron chi connectivity index (χ2n) is 3.60. The Bertz CT molecular complexity index is 363. The third kappa shape index (κ3) is 6.87. The number of nitrogens with one attached hydrogen (secondary N) is 2. The van der Waals surface area contributed by atoms with Crippen molar-refractivity contribution in [2.24, 2.45) is 0 Å². The number of rotatable bonds is 5. The number of ether oxygens (including phenoxy) is 1. The van der Waals surface area contributed by atoms with Gasteiger partial charge in [-0.1, -0.05) is 41.0 Å². The molecule has 0 aliphatic carbocycles. The van der Waals surface area contributed by atoms with E-state index in [1.54, 1.807) is 11.9 Å². The fraction of sp³-hybridized carbons (Fsp3) is 0.500. The lowest BCUT2D eigenvalue weighted by Crippen LogP contribution is -2.17. The van der Waals surface area contributed by atoms with Crippen LogP contribution in [0.25, 0.3) is 5.70 Å². The molecular weight excluding hydrogens is 268 g/mol. The molecule has 3 nitrogen and oxygen atoms in total. The topological polar surface area (TPSA) is 33.3 Å². The number of unbranched alkanes of at least 4 members (excludes halogenated alkanes) is 1. The van der Waals surface area contributed by atoms with Gasteiger partial charge in [0.05, 0.1) is 12.3 Å². The highest BCUT2D eigenvalue weighted by Crippen LogP contribution is 2.21. The standard InChI is InChI=1S/C12H16N2OS.2C2H6/c1-2-3-8-15-11-6-4-10(5-7-11)12-9-16-14-13-12;2*1-2/h4-7,9,13-14H,2-3,8H2,1H3;2*1-2H3. The van der Waals surface area contributed by atoms with E-state index < -0.39 is 0 Å². The Morgan fingerprint density at radius 3 is 2.20 bits per heavy atom. The lowest BCUT2D eigenvalue weighted by atomic mass is 10.2. The van der Waals surface area contributed by atoms with E-state index >= 15 is 0 Å². The average molecular weight is 296 g/mol. The molecule has 2 rings (SSSR count). The van der Waals surface area contributed by atoms with Crippen molar-refractivity contribution >= 4 is 17.6 Å². The summed E-state index contributed by atoms with van der Waals surface area (Å²) < 4.78 is 5.60. The number of benzene rings is 1. The second-order valence-corrected chi connectivity index (χ2v) is 4.28. The highest BCUT2D eigenvalue weighted by molar-refractivity contribution is 8.00. The molecule has 0 saturated carbocycles. The van der Waals surface area contributed by atoms with Gasteiger partial charge in [0.2, 0.25) is 0 Å². The van der Waals surface area contributed by atoms with E-state index in [1.165, 1.54) is 5.56 Å². The Morgan fingerprint density at radius 1 is 1.05 bits per heavy atom. The molecule has 0 saturated heterocycles. The Labute approximate surface area is 128 Å². The van der Waals surface area contributed by atoms with Crippen LogP contribution in [0.3, 0.4) is 0 Å². The lowest BCUT2D eigenvalue weighted by molar-refractivity contribution is 0.309. The highest BCUT2D eigenvalue weighted by Gasteiger charge is 2.05. The largest absolute Gasteiger partial charge is 0.494 e. The summed E-state index contributed by atoms with van der Waals surface area (Å²) in [6, 6.07) is 8.15. The van der Waals surface area contributed by atoms with Gasteiger partial charge in [-0.05, 0) is 48.2 Å². The van der Waals surface area contributed by atoms with Crippen molar-refractivity contribution in [3.63, 3.8) is 0 Å². The summed E-state index contributed by atoms with van der Waals surface area (Å²) in [4.78, 5) is 2.97. The van der Waals surface area contributed by atoms with Crippen LogP contribution in [0.2, 0.25) is 0 Å². The van der Waals surface area contributed by atoms with Crippen molar-refractivity contribution in [2.75, 3.05) is 6.61 Å². The zero-order chi connectivity index (χ0) is 15.2. The summed E-state index contributed by atoms with van der Waals surface area (Å²) in [5.74, 6) is 0.941. The minimum atomic E-state index is 0.800. The van der Waals surface area contributed by atoms with Crippen LogP contribution in [0.4, 0.5) is 0 Å². The molecule has 4 heteroatoms. The minimum absolute atomic E-state index is 0.800. The van der Waals surface area contributed by atoms with Gasteiger partial charge in [0.25, 0.3) is 0 Å². The summed E-state index contributed by atoms with van der Waals surface area (Å²) in [5, 5.41) is 2.05. The van der Waals surface area contributed by atoms with Gasteiger partial charge in [0, 0.05) is 5.41 Å². The highest BCUT2D eigenvalue weighted by atomic mass is 32.2. The third-order valence-electron chi connectivity index (χ3n) is 2.35. The zero-order valence-corrected chi connectivity index (χ0v) is 14.1. The molecule has 0 atom stereocenters. The summed E-state index contributed by atoms with van der Waals surface area (Å²) in [7, 11) is 0. The molecule has 1 aliphatic rings. The Balaban J connectivity index is 0.000000829.